The summed E-state index contributed by atoms with van der Waals surface area (Å²) >= 11 is 0. The van der Waals surface area contributed by atoms with Gasteiger partial charge in [0.25, 0.3) is 32.1 Å². The molecule has 54 heavy (non-hydrogen) atoms. The molecular formula is C39H44N4O9S2. The molecule has 2 aromatic rings. The van der Waals surface area contributed by atoms with Crippen molar-refractivity contribution in [2.24, 2.45) is 4.99 Å². The summed E-state index contributed by atoms with van der Waals surface area (Å²) in [6.07, 6.45) is 17.9. The maximum atomic E-state index is 12.4. The number of benzene rings is 2. The average molecular weight is 777 g/mol. The largest absolute Gasteiger partial charge is 0.354 e. The summed E-state index contributed by atoms with van der Waals surface area (Å²) in [7, 11) is -8.75. The number of amides is 3. The number of allylic oxidation sites excluding steroid dienone is 8. The molecule has 0 spiro atoms. The van der Waals surface area contributed by atoms with Crippen molar-refractivity contribution in [2.75, 3.05) is 24.5 Å². The van der Waals surface area contributed by atoms with E-state index >= 15 is 0 Å². The van der Waals surface area contributed by atoms with E-state index in [0.717, 1.165) is 40.4 Å². The highest BCUT2D eigenvalue weighted by atomic mass is 32.2. The normalized spacial score (nSPS) is 18.5. The number of hydrogen-bond acceptors (Lipinski definition) is 9. The molecule has 0 aromatic heterocycles. The van der Waals surface area contributed by atoms with Crippen molar-refractivity contribution in [1.82, 2.24) is 10.2 Å². The SMILES string of the molecule is CC1(C)C(/C=C/C=C/C=C/C=C2/N(CCCCCC(=O)NCCN3C(=O)C=CC3=O)c3ccc(S(=O)(=O)O)cc3C2(C)C)=Nc2ccc(S(=O)(=O)O)cc21. The van der Waals surface area contributed by atoms with Crippen LogP contribution in [0.25, 0.3) is 0 Å². The molecule has 3 heterocycles. The molecule has 5 rings (SSSR count). The minimum Gasteiger partial charge on any atom is -0.354 e. The maximum absolute atomic E-state index is 12.4. The zero-order chi connectivity index (χ0) is 39.5. The number of fused-ring (bicyclic) bond motifs is 2. The van der Waals surface area contributed by atoms with Crippen molar-refractivity contribution < 1.29 is 40.3 Å². The number of hydrogen-bond donors (Lipinski definition) is 3. The van der Waals surface area contributed by atoms with Gasteiger partial charge in [-0.05, 0) is 72.5 Å². The number of nitrogens with one attached hydrogen (secondary N) is 1. The molecule has 0 atom stereocenters. The molecule has 0 fully saturated rings. The Morgan fingerprint density at radius 1 is 0.759 bits per heavy atom. The number of aliphatic imine (C=N–C) groups is 1. The van der Waals surface area contributed by atoms with E-state index in [9.17, 15) is 40.3 Å². The summed E-state index contributed by atoms with van der Waals surface area (Å²) in [6.45, 7) is 8.73. The highest BCUT2D eigenvalue weighted by Gasteiger charge is 2.40. The predicted molar refractivity (Wildman–Crippen MR) is 206 cm³/mol. The van der Waals surface area contributed by atoms with Gasteiger partial charge in [0, 0.05) is 60.4 Å². The second-order valence-electron chi connectivity index (χ2n) is 14.2. The fourth-order valence-electron chi connectivity index (χ4n) is 6.75. The number of carbonyl (C=O) groups is 3. The number of carbonyl (C=O) groups excluding carboxylic acids is 3. The highest BCUT2D eigenvalue weighted by molar-refractivity contribution is 7.86. The van der Waals surface area contributed by atoms with Crippen LogP contribution in [0.5, 0.6) is 0 Å². The molecule has 15 heteroatoms. The fraction of sp³-hybridized carbons (Fsp3) is 0.333. The van der Waals surface area contributed by atoms with Crippen molar-refractivity contribution in [3.8, 4) is 0 Å². The standard InChI is InChI=1S/C39H44N4O9S2/c1-38(2)29-25-27(53(47,48)49)16-18-31(29)41-33(38)13-9-6-5-7-10-14-34-39(3,4)30-26-28(54(50,51)52)17-19-32(30)42(34)23-12-8-11-15-35(44)40-22-24-43-36(45)20-21-37(43)46/h5-7,9-10,13-14,16-21,25-26H,8,11-12,15,22-24H2,1-4H3,(H,40,44)(H,47,48,49)(H,50,51,52)/b6-5+,10-7+,13-9+,34-14+. The Morgan fingerprint density at radius 3 is 2.04 bits per heavy atom. The third-order valence-electron chi connectivity index (χ3n) is 9.78. The van der Waals surface area contributed by atoms with Crippen molar-refractivity contribution >= 4 is 55.0 Å². The lowest BCUT2D eigenvalue weighted by Gasteiger charge is -2.27. The molecule has 3 aliphatic heterocycles. The molecule has 0 saturated carbocycles. The third kappa shape index (κ3) is 8.87. The Hall–Kier alpha value is -4.96. The van der Waals surface area contributed by atoms with Crippen LogP contribution in [-0.4, -0.2) is 73.9 Å². The lowest BCUT2D eigenvalue weighted by molar-refractivity contribution is -0.137. The second kappa shape index (κ2) is 15.8. The van der Waals surface area contributed by atoms with E-state index in [-0.39, 0.29) is 28.8 Å². The van der Waals surface area contributed by atoms with Gasteiger partial charge in [0.05, 0.1) is 21.2 Å². The fourth-order valence-corrected chi connectivity index (χ4v) is 7.76. The molecule has 0 aliphatic carbocycles. The van der Waals surface area contributed by atoms with Crippen LogP contribution in [-0.2, 0) is 45.4 Å². The van der Waals surface area contributed by atoms with Crippen molar-refractivity contribution in [2.45, 2.75) is 74.0 Å². The first-order valence-corrected chi connectivity index (χ1v) is 20.3. The van der Waals surface area contributed by atoms with Gasteiger partial charge in [0.2, 0.25) is 5.91 Å². The first-order valence-electron chi connectivity index (χ1n) is 17.4. The molecule has 2 aromatic carbocycles. The first-order chi connectivity index (χ1) is 25.3. The van der Waals surface area contributed by atoms with Gasteiger partial charge in [0.1, 0.15) is 0 Å². The van der Waals surface area contributed by atoms with Crippen LogP contribution in [0.1, 0.15) is 64.5 Å². The van der Waals surface area contributed by atoms with Gasteiger partial charge < -0.3 is 10.2 Å². The van der Waals surface area contributed by atoms with E-state index in [1.165, 1.54) is 36.4 Å². The Labute approximate surface area is 316 Å². The van der Waals surface area contributed by atoms with Gasteiger partial charge in [-0.3, -0.25) is 33.4 Å². The molecule has 0 radical (unpaired) electrons. The predicted octanol–water partition coefficient (Wildman–Crippen LogP) is 5.50. The number of imide groups is 1. The molecule has 3 N–H and O–H groups in total. The van der Waals surface area contributed by atoms with Crippen LogP contribution < -0.4 is 10.2 Å². The monoisotopic (exact) mass is 776 g/mol. The van der Waals surface area contributed by atoms with Gasteiger partial charge in [-0.2, -0.15) is 16.8 Å². The Morgan fingerprint density at radius 2 is 1.37 bits per heavy atom. The summed E-state index contributed by atoms with van der Waals surface area (Å²) in [5.74, 6) is -0.947. The van der Waals surface area contributed by atoms with Crippen molar-refractivity contribution in [1.29, 1.82) is 0 Å². The quantitative estimate of drug-likeness (QED) is 0.0902. The van der Waals surface area contributed by atoms with Crippen molar-refractivity contribution in [3.05, 3.63) is 108 Å². The van der Waals surface area contributed by atoms with Gasteiger partial charge in [-0.25, -0.2) is 0 Å². The highest BCUT2D eigenvalue weighted by Crippen LogP contribution is 2.48. The van der Waals surface area contributed by atoms with Crippen LogP contribution in [0.2, 0.25) is 0 Å². The van der Waals surface area contributed by atoms with E-state index in [1.807, 2.05) is 70.2 Å². The Bertz CT molecular complexity index is 2250. The summed E-state index contributed by atoms with van der Waals surface area (Å²) in [5.41, 5.74) is 3.40. The van der Waals surface area contributed by atoms with Crippen LogP contribution in [0.4, 0.5) is 11.4 Å². The molecule has 0 unspecified atom stereocenters. The van der Waals surface area contributed by atoms with Crippen LogP contribution >= 0.6 is 0 Å². The summed E-state index contributed by atoms with van der Waals surface area (Å²) in [5, 5.41) is 2.75. The number of rotatable bonds is 15. The van der Waals surface area contributed by atoms with E-state index in [2.05, 4.69) is 15.2 Å². The Kier molecular flexibility index (Phi) is 11.8. The summed E-state index contributed by atoms with van der Waals surface area (Å²) in [4.78, 5) is 43.2. The molecule has 3 amide bonds. The van der Waals surface area contributed by atoms with Gasteiger partial charge in [-0.1, -0.05) is 64.5 Å². The molecular weight excluding hydrogens is 733 g/mol. The number of unbranched alkanes of at least 4 members (excludes halogenated alkanes) is 2. The van der Waals surface area contributed by atoms with Gasteiger partial charge in [-0.15, -0.1) is 0 Å². The second-order valence-corrected chi connectivity index (χ2v) is 17.1. The van der Waals surface area contributed by atoms with E-state index in [4.69, 9.17) is 0 Å². The van der Waals surface area contributed by atoms with E-state index < -0.39 is 42.9 Å². The minimum absolute atomic E-state index is 0.115. The molecule has 0 bridgehead atoms. The molecule has 13 nitrogen and oxygen atoms in total. The third-order valence-corrected chi connectivity index (χ3v) is 11.5. The zero-order valence-corrected chi connectivity index (χ0v) is 32.2. The lowest BCUT2D eigenvalue weighted by atomic mass is 9.81. The smallest absolute Gasteiger partial charge is 0.294 e. The van der Waals surface area contributed by atoms with Crippen LogP contribution in [0, 0.1) is 0 Å². The molecule has 286 valence electrons. The maximum Gasteiger partial charge on any atom is 0.294 e. The van der Waals surface area contributed by atoms with Gasteiger partial charge in [0.15, 0.2) is 0 Å². The average Bonchev–Trinajstić information content (AvgIpc) is 3.63. The molecule has 3 aliphatic rings. The zero-order valence-electron chi connectivity index (χ0n) is 30.5. The van der Waals surface area contributed by atoms with Crippen LogP contribution in [0.3, 0.4) is 0 Å². The summed E-state index contributed by atoms with van der Waals surface area (Å²) < 4.78 is 66.5. The van der Waals surface area contributed by atoms with Crippen LogP contribution in [0.15, 0.2) is 112 Å². The molecule has 0 saturated heterocycles. The summed E-state index contributed by atoms with van der Waals surface area (Å²) in [6, 6.07) is 8.94. The minimum atomic E-state index is -4.41. The number of anilines is 1. The Balaban J connectivity index is 1.21. The van der Waals surface area contributed by atoms with Gasteiger partial charge >= 0.3 is 0 Å². The van der Waals surface area contributed by atoms with Crippen molar-refractivity contribution in [3.63, 3.8) is 0 Å². The van der Waals surface area contributed by atoms with E-state index in [0.29, 0.717) is 30.6 Å². The number of nitrogens with zero attached hydrogens (tertiary/aromatic N) is 3. The lowest BCUT2D eigenvalue weighted by Crippen LogP contribution is -2.38. The first kappa shape index (κ1) is 40.2. The van der Waals surface area contributed by atoms with E-state index in [1.54, 1.807) is 12.1 Å². The topological polar surface area (TPSA) is 191 Å².